The van der Waals surface area contributed by atoms with Gasteiger partial charge < -0.3 is 0 Å². The fourth-order valence-electron chi connectivity index (χ4n) is 2.29. The van der Waals surface area contributed by atoms with Gasteiger partial charge in [0.25, 0.3) is 0 Å². The van der Waals surface area contributed by atoms with E-state index < -0.39 is 0 Å². The zero-order chi connectivity index (χ0) is 9.14. The minimum absolute atomic E-state index is 0.668. The molecule has 0 aliphatic carbocycles. The lowest BCUT2D eigenvalue weighted by atomic mass is 9.95. The first-order chi connectivity index (χ1) is 5.76. The van der Waals surface area contributed by atoms with Gasteiger partial charge in [0.1, 0.15) is 0 Å². The van der Waals surface area contributed by atoms with Crippen molar-refractivity contribution < 1.29 is 0 Å². The van der Waals surface area contributed by atoms with Crippen molar-refractivity contribution in [2.45, 2.75) is 45.2 Å². The minimum atomic E-state index is 0.668. The molecule has 12 heavy (non-hydrogen) atoms. The number of rotatable bonds is 5. The Morgan fingerprint density at radius 1 is 1.50 bits per heavy atom. The summed E-state index contributed by atoms with van der Waals surface area (Å²) in [7, 11) is 2.20. The van der Waals surface area contributed by atoms with Crippen LogP contribution >= 0.6 is 0 Å². The first-order valence-corrected chi connectivity index (χ1v) is 5.10. The average Bonchev–Trinajstić information content (AvgIpc) is 2.72. The van der Waals surface area contributed by atoms with Crippen LogP contribution in [0.1, 0.15) is 33.1 Å². The maximum absolute atomic E-state index is 3.86. The number of likely N-dealkylation sites (N-methyl/N-ethyl adjacent to an activating group) is 1. The average molecular weight is 167 g/mol. The Morgan fingerprint density at radius 2 is 2.17 bits per heavy atom. The van der Waals surface area contributed by atoms with Gasteiger partial charge in [-0.3, -0.25) is 4.90 Å². The van der Waals surface area contributed by atoms with Gasteiger partial charge in [-0.1, -0.05) is 32.8 Å². The van der Waals surface area contributed by atoms with Crippen molar-refractivity contribution in [1.82, 2.24) is 4.90 Å². The van der Waals surface area contributed by atoms with Crippen LogP contribution in [0.2, 0.25) is 0 Å². The smallest absolute Gasteiger partial charge is 0.0435 e. The molecule has 1 saturated heterocycles. The molecule has 0 N–H and O–H groups in total. The highest BCUT2D eigenvalue weighted by Gasteiger charge is 2.45. The second kappa shape index (κ2) is 4.08. The lowest BCUT2D eigenvalue weighted by Gasteiger charge is -2.11. The maximum atomic E-state index is 3.86. The first-order valence-electron chi connectivity index (χ1n) is 5.10. The maximum Gasteiger partial charge on any atom is 0.0435 e. The van der Waals surface area contributed by atoms with Gasteiger partial charge in [-0.05, 0) is 19.4 Å². The van der Waals surface area contributed by atoms with Gasteiger partial charge in [0.15, 0.2) is 0 Å². The van der Waals surface area contributed by atoms with Crippen LogP contribution in [0.5, 0.6) is 0 Å². The molecule has 0 amide bonds. The molecular formula is C11H21N. The van der Waals surface area contributed by atoms with Crippen molar-refractivity contribution in [2.24, 2.45) is 5.92 Å². The third-order valence-electron chi connectivity index (χ3n) is 3.11. The molecule has 1 nitrogen and oxygen atoms in total. The predicted octanol–water partition coefficient (Wildman–Crippen LogP) is 2.68. The van der Waals surface area contributed by atoms with E-state index in [0.717, 1.165) is 12.0 Å². The molecule has 1 fully saturated rings. The second-order valence-electron chi connectivity index (χ2n) is 3.84. The molecule has 1 aliphatic rings. The summed E-state index contributed by atoms with van der Waals surface area (Å²) in [5.41, 5.74) is 0. The summed E-state index contributed by atoms with van der Waals surface area (Å²) >= 11 is 0. The molecule has 4 atom stereocenters. The summed E-state index contributed by atoms with van der Waals surface area (Å²) in [6.45, 7) is 8.43. The lowest BCUT2D eigenvalue weighted by molar-refractivity contribution is 0.402. The number of hydrogen-bond acceptors (Lipinski definition) is 1. The molecule has 1 rings (SSSR count). The minimum Gasteiger partial charge on any atom is -0.293 e. The molecule has 1 heterocycles. The van der Waals surface area contributed by atoms with Crippen LogP contribution in [0.3, 0.4) is 0 Å². The molecule has 1 aliphatic heterocycles. The molecule has 1 heteroatoms. The molecule has 0 aromatic heterocycles. The van der Waals surface area contributed by atoms with Crippen LogP contribution in [0.25, 0.3) is 0 Å². The highest BCUT2D eigenvalue weighted by Crippen LogP contribution is 2.36. The molecule has 0 aromatic rings. The largest absolute Gasteiger partial charge is 0.293 e. The summed E-state index contributed by atoms with van der Waals surface area (Å²) in [5, 5.41) is 0. The van der Waals surface area contributed by atoms with E-state index in [-0.39, 0.29) is 0 Å². The summed E-state index contributed by atoms with van der Waals surface area (Å²) in [4.78, 5) is 2.43. The Labute approximate surface area is 76.5 Å². The molecule has 0 bridgehead atoms. The summed E-state index contributed by atoms with van der Waals surface area (Å²) in [6, 6.07) is 1.47. The molecule has 4 unspecified atom stereocenters. The van der Waals surface area contributed by atoms with Gasteiger partial charge in [-0.25, -0.2) is 0 Å². The van der Waals surface area contributed by atoms with Crippen molar-refractivity contribution in [3.8, 4) is 0 Å². The van der Waals surface area contributed by atoms with Crippen LogP contribution in [-0.2, 0) is 0 Å². The summed E-state index contributed by atoms with van der Waals surface area (Å²) < 4.78 is 0. The van der Waals surface area contributed by atoms with Gasteiger partial charge in [0.2, 0.25) is 0 Å². The zero-order valence-corrected chi connectivity index (χ0v) is 8.59. The molecule has 0 aromatic carbocycles. The normalized spacial score (nSPS) is 36.1. The van der Waals surface area contributed by atoms with Crippen LogP contribution in [0.15, 0.2) is 12.7 Å². The van der Waals surface area contributed by atoms with Gasteiger partial charge in [0, 0.05) is 12.1 Å². The molecular weight excluding hydrogens is 146 g/mol. The van der Waals surface area contributed by atoms with Crippen LogP contribution in [0.4, 0.5) is 0 Å². The molecule has 0 radical (unpaired) electrons. The van der Waals surface area contributed by atoms with E-state index in [1.165, 1.54) is 19.3 Å². The summed E-state index contributed by atoms with van der Waals surface area (Å²) in [5.74, 6) is 0.892. The van der Waals surface area contributed by atoms with E-state index in [2.05, 4.69) is 38.5 Å². The highest BCUT2D eigenvalue weighted by atomic mass is 15.3. The van der Waals surface area contributed by atoms with Crippen molar-refractivity contribution >= 4 is 0 Å². The fraction of sp³-hybridized carbons (Fsp3) is 0.818. The van der Waals surface area contributed by atoms with E-state index in [1.807, 2.05) is 0 Å². The molecule has 0 saturated carbocycles. The molecule has 0 spiro atoms. The van der Waals surface area contributed by atoms with Gasteiger partial charge in [-0.15, -0.1) is 6.58 Å². The first kappa shape index (κ1) is 9.79. The van der Waals surface area contributed by atoms with Gasteiger partial charge in [0.05, 0.1) is 0 Å². The van der Waals surface area contributed by atoms with Gasteiger partial charge in [-0.2, -0.15) is 0 Å². The Morgan fingerprint density at radius 3 is 2.50 bits per heavy atom. The highest BCUT2D eigenvalue weighted by molar-refractivity contribution is 5.11. The standard InChI is InChI=1S/C11H21N/c1-5-8-9(6-2)11-10(7-3)12(11)4/h7,9-11H,3,5-6,8H2,1-2,4H3. The van der Waals surface area contributed by atoms with E-state index in [9.17, 15) is 0 Å². The Kier molecular flexibility index (Phi) is 3.33. The second-order valence-corrected chi connectivity index (χ2v) is 3.84. The van der Waals surface area contributed by atoms with E-state index in [1.54, 1.807) is 0 Å². The van der Waals surface area contributed by atoms with Gasteiger partial charge >= 0.3 is 0 Å². The van der Waals surface area contributed by atoms with Crippen LogP contribution in [0, 0.1) is 5.92 Å². The summed E-state index contributed by atoms with van der Waals surface area (Å²) in [6.07, 6.45) is 6.08. The van der Waals surface area contributed by atoms with E-state index in [4.69, 9.17) is 0 Å². The number of nitrogens with zero attached hydrogens (tertiary/aromatic N) is 1. The third kappa shape index (κ3) is 1.71. The third-order valence-corrected chi connectivity index (χ3v) is 3.11. The Hall–Kier alpha value is -0.300. The molecule has 70 valence electrons. The number of hydrogen-bond donors (Lipinski definition) is 0. The van der Waals surface area contributed by atoms with Crippen molar-refractivity contribution in [3.05, 3.63) is 12.7 Å². The predicted molar refractivity (Wildman–Crippen MR) is 54.2 cm³/mol. The SMILES string of the molecule is C=CC1C(C(CC)CCC)N1C. The van der Waals surface area contributed by atoms with E-state index in [0.29, 0.717) is 6.04 Å². The van der Waals surface area contributed by atoms with E-state index >= 15 is 0 Å². The zero-order valence-electron chi connectivity index (χ0n) is 8.59. The van der Waals surface area contributed by atoms with Crippen LogP contribution < -0.4 is 0 Å². The van der Waals surface area contributed by atoms with Crippen molar-refractivity contribution in [1.29, 1.82) is 0 Å². The topological polar surface area (TPSA) is 3.01 Å². The monoisotopic (exact) mass is 167 g/mol. The van der Waals surface area contributed by atoms with Crippen molar-refractivity contribution in [3.63, 3.8) is 0 Å². The van der Waals surface area contributed by atoms with Crippen molar-refractivity contribution in [2.75, 3.05) is 7.05 Å². The Balaban J connectivity index is 2.41. The Bertz CT molecular complexity index is 153. The fourth-order valence-corrected chi connectivity index (χ4v) is 2.29. The quantitative estimate of drug-likeness (QED) is 0.449. The lowest BCUT2D eigenvalue weighted by Crippen LogP contribution is -2.10. The van der Waals surface area contributed by atoms with Crippen LogP contribution in [-0.4, -0.2) is 24.0 Å².